The zero-order valence-corrected chi connectivity index (χ0v) is 9.06. The number of aryl methyl sites for hydroxylation is 1. The van der Waals surface area contributed by atoms with Crippen molar-refractivity contribution in [2.75, 3.05) is 19.6 Å². The van der Waals surface area contributed by atoms with Crippen molar-refractivity contribution in [1.82, 2.24) is 10.6 Å². The summed E-state index contributed by atoms with van der Waals surface area (Å²) in [5.74, 6) is 0. The van der Waals surface area contributed by atoms with Gasteiger partial charge < -0.3 is 10.6 Å². The van der Waals surface area contributed by atoms with Gasteiger partial charge in [-0.3, -0.25) is 0 Å². The molecule has 1 aliphatic rings. The smallest absolute Gasteiger partial charge is 0.0483 e. The molecule has 1 heterocycles. The minimum absolute atomic E-state index is 0.358. The van der Waals surface area contributed by atoms with Crippen LogP contribution in [0.2, 0.25) is 5.02 Å². The van der Waals surface area contributed by atoms with E-state index in [0.29, 0.717) is 6.04 Å². The number of benzene rings is 1. The molecule has 0 radical (unpaired) electrons. The van der Waals surface area contributed by atoms with Crippen LogP contribution in [0.15, 0.2) is 18.2 Å². The van der Waals surface area contributed by atoms with Crippen LogP contribution >= 0.6 is 11.6 Å². The minimum atomic E-state index is 0.358. The number of hydrogen-bond acceptors (Lipinski definition) is 2. The first kappa shape index (κ1) is 9.97. The third-order valence-electron chi connectivity index (χ3n) is 2.64. The summed E-state index contributed by atoms with van der Waals surface area (Å²) < 4.78 is 0. The second-order valence-electron chi connectivity index (χ2n) is 3.69. The van der Waals surface area contributed by atoms with Gasteiger partial charge in [-0.2, -0.15) is 0 Å². The van der Waals surface area contributed by atoms with E-state index in [4.69, 9.17) is 11.6 Å². The molecule has 0 amide bonds. The van der Waals surface area contributed by atoms with Gasteiger partial charge in [0.05, 0.1) is 0 Å². The van der Waals surface area contributed by atoms with E-state index in [1.165, 1.54) is 5.56 Å². The molecule has 2 rings (SSSR count). The van der Waals surface area contributed by atoms with Crippen LogP contribution in [0.3, 0.4) is 0 Å². The third kappa shape index (κ3) is 1.92. The maximum Gasteiger partial charge on any atom is 0.0483 e. The summed E-state index contributed by atoms with van der Waals surface area (Å²) in [6.07, 6.45) is 0. The monoisotopic (exact) mass is 210 g/mol. The SMILES string of the molecule is Cc1cccc([C@@H]2CNCCN2)c1Cl. The number of halogens is 1. The highest BCUT2D eigenvalue weighted by molar-refractivity contribution is 6.32. The quantitative estimate of drug-likeness (QED) is 0.740. The van der Waals surface area contributed by atoms with Gasteiger partial charge in [-0.25, -0.2) is 0 Å². The lowest BCUT2D eigenvalue weighted by molar-refractivity contribution is 0.430. The lowest BCUT2D eigenvalue weighted by Gasteiger charge is -2.26. The fraction of sp³-hybridized carbons (Fsp3) is 0.455. The predicted octanol–water partition coefficient (Wildman–Crippen LogP) is 1.88. The van der Waals surface area contributed by atoms with Crippen LogP contribution in [0.4, 0.5) is 0 Å². The van der Waals surface area contributed by atoms with Gasteiger partial charge in [0.15, 0.2) is 0 Å². The van der Waals surface area contributed by atoms with Crippen molar-refractivity contribution in [3.8, 4) is 0 Å². The van der Waals surface area contributed by atoms with Crippen LogP contribution in [0, 0.1) is 6.92 Å². The second kappa shape index (κ2) is 4.30. The van der Waals surface area contributed by atoms with E-state index in [1.807, 2.05) is 13.0 Å². The topological polar surface area (TPSA) is 24.1 Å². The number of piperazine rings is 1. The molecule has 0 saturated carbocycles. The summed E-state index contributed by atoms with van der Waals surface area (Å²) in [7, 11) is 0. The summed E-state index contributed by atoms with van der Waals surface area (Å²) in [4.78, 5) is 0. The summed E-state index contributed by atoms with van der Waals surface area (Å²) in [6, 6.07) is 6.56. The van der Waals surface area contributed by atoms with Crippen LogP contribution < -0.4 is 10.6 Å². The van der Waals surface area contributed by atoms with E-state index in [0.717, 1.165) is 30.2 Å². The number of nitrogens with one attached hydrogen (secondary N) is 2. The zero-order chi connectivity index (χ0) is 9.97. The fourth-order valence-corrected chi connectivity index (χ4v) is 2.07. The first-order chi connectivity index (χ1) is 6.79. The molecular weight excluding hydrogens is 196 g/mol. The van der Waals surface area contributed by atoms with Crippen LogP contribution in [-0.4, -0.2) is 19.6 Å². The number of hydrogen-bond donors (Lipinski definition) is 2. The molecule has 1 aromatic rings. The molecule has 1 aromatic carbocycles. The molecule has 1 atom stereocenters. The van der Waals surface area contributed by atoms with E-state index in [-0.39, 0.29) is 0 Å². The van der Waals surface area contributed by atoms with Gasteiger partial charge in [0.2, 0.25) is 0 Å². The Kier molecular flexibility index (Phi) is 3.06. The van der Waals surface area contributed by atoms with Gasteiger partial charge in [0, 0.05) is 30.7 Å². The molecule has 0 bridgehead atoms. The first-order valence-electron chi connectivity index (χ1n) is 4.98. The zero-order valence-electron chi connectivity index (χ0n) is 8.31. The summed E-state index contributed by atoms with van der Waals surface area (Å²) >= 11 is 6.26. The van der Waals surface area contributed by atoms with E-state index >= 15 is 0 Å². The minimum Gasteiger partial charge on any atom is -0.314 e. The Morgan fingerprint density at radius 2 is 2.21 bits per heavy atom. The highest BCUT2D eigenvalue weighted by Crippen LogP contribution is 2.26. The fourth-order valence-electron chi connectivity index (χ4n) is 1.81. The van der Waals surface area contributed by atoms with Gasteiger partial charge in [-0.1, -0.05) is 29.8 Å². The van der Waals surface area contributed by atoms with Crippen molar-refractivity contribution in [3.63, 3.8) is 0 Å². The van der Waals surface area contributed by atoms with E-state index in [1.54, 1.807) is 0 Å². The molecular formula is C11H15ClN2. The van der Waals surface area contributed by atoms with Gasteiger partial charge in [0.25, 0.3) is 0 Å². The Bertz CT molecular complexity index is 319. The largest absolute Gasteiger partial charge is 0.314 e. The molecule has 1 fully saturated rings. The Morgan fingerprint density at radius 1 is 1.36 bits per heavy atom. The van der Waals surface area contributed by atoms with Crippen LogP contribution in [-0.2, 0) is 0 Å². The predicted molar refractivity (Wildman–Crippen MR) is 59.8 cm³/mol. The molecule has 0 aromatic heterocycles. The molecule has 76 valence electrons. The average molecular weight is 211 g/mol. The van der Waals surface area contributed by atoms with Crippen LogP contribution in [0.5, 0.6) is 0 Å². The average Bonchev–Trinajstić information content (AvgIpc) is 2.23. The highest BCUT2D eigenvalue weighted by Gasteiger charge is 2.17. The normalized spacial score (nSPS) is 22.3. The molecule has 0 aliphatic carbocycles. The molecule has 0 unspecified atom stereocenters. The second-order valence-corrected chi connectivity index (χ2v) is 4.07. The van der Waals surface area contributed by atoms with Gasteiger partial charge in [-0.05, 0) is 18.1 Å². The lowest BCUT2D eigenvalue weighted by atomic mass is 10.0. The third-order valence-corrected chi connectivity index (χ3v) is 3.15. The summed E-state index contributed by atoms with van der Waals surface area (Å²) in [5.41, 5.74) is 2.36. The van der Waals surface area contributed by atoms with Crippen molar-refractivity contribution < 1.29 is 0 Å². The maximum atomic E-state index is 6.26. The standard InChI is InChI=1S/C11H15ClN2/c1-8-3-2-4-9(11(8)12)10-7-13-5-6-14-10/h2-4,10,13-14H,5-7H2,1H3/t10-/m0/s1. The highest BCUT2D eigenvalue weighted by atomic mass is 35.5. The van der Waals surface area contributed by atoms with E-state index in [9.17, 15) is 0 Å². The van der Waals surface area contributed by atoms with E-state index in [2.05, 4.69) is 22.8 Å². The molecule has 3 heteroatoms. The Balaban J connectivity index is 2.26. The van der Waals surface area contributed by atoms with Crippen molar-refractivity contribution in [2.45, 2.75) is 13.0 Å². The molecule has 2 N–H and O–H groups in total. The van der Waals surface area contributed by atoms with Crippen LogP contribution in [0.1, 0.15) is 17.2 Å². The van der Waals surface area contributed by atoms with Crippen molar-refractivity contribution in [1.29, 1.82) is 0 Å². The lowest BCUT2D eigenvalue weighted by Crippen LogP contribution is -2.42. The van der Waals surface area contributed by atoms with Crippen molar-refractivity contribution in [3.05, 3.63) is 34.3 Å². The van der Waals surface area contributed by atoms with E-state index < -0.39 is 0 Å². The first-order valence-corrected chi connectivity index (χ1v) is 5.36. The van der Waals surface area contributed by atoms with Gasteiger partial charge in [0.1, 0.15) is 0 Å². The Morgan fingerprint density at radius 3 is 2.93 bits per heavy atom. The van der Waals surface area contributed by atoms with Crippen LogP contribution in [0.25, 0.3) is 0 Å². The molecule has 0 spiro atoms. The molecule has 1 aliphatic heterocycles. The molecule has 2 nitrogen and oxygen atoms in total. The van der Waals surface area contributed by atoms with Gasteiger partial charge >= 0.3 is 0 Å². The Hall–Kier alpha value is -0.570. The maximum absolute atomic E-state index is 6.26. The van der Waals surface area contributed by atoms with Crippen molar-refractivity contribution in [2.24, 2.45) is 0 Å². The van der Waals surface area contributed by atoms with Crippen molar-refractivity contribution >= 4 is 11.6 Å². The van der Waals surface area contributed by atoms with Gasteiger partial charge in [-0.15, -0.1) is 0 Å². The molecule has 1 saturated heterocycles. The summed E-state index contributed by atoms with van der Waals surface area (Å²) in [6.45, 7) is 5.06. The number of rotatable bonds is 1. The summed E-state index contributed by atoms with van der Waals surface area (Å²) in [5, 5.41) is 7.71. The molecule has 14 heavy (non-hydrogen) atoms. The Labute approximate surface area is 89.7 Å².